The smallest absolute Gasteiger partial charge is 0.118 e. The molecule has 0 heterocycles. The van der Waals surface area contributed by atoms with Gasteiger partial charge in [0, 0.05) is 0 Å². The van der Waals surface area contributed by atoms with Crippen LogP contribution >= 0.6 is 0 Å². The number of rotatable bonds is 18. The van der Waals surface area contributed by atoms with Gasteiger partial charge in [-0.1, -0.05) is 211 Å². The topological polar surface area (TPSA) is 36.9 Å². The molecule has 0 saturated carbocycles. The molecule has 0 aliphatic carbocycles. The minimum atomic E-state index is 0.852. The van der Waals surface area contributed by atoms with E-state index in [9.17, 15) is 0 Å². The van der Waals surface area contributed by atoms with Gasteiger partial charge in [-0.25, -0.2) is 0 Å². The molecule has 0 N–H and O–H groups in total. The van der Waals surface area contributed by atoms with Gasteiger partial charge in [0.1, 0.15) is 23.0 Å². The first kappa shape index (κ1) is 61.6. The molecule has 0 fully saturated rings. The lowest BCUT2D eigenvalue weighted by atomic mass is 9.73. The summed E-state index contributed by atoms with van der Waals surface area (Å²) in [5.74, 6) is 3.41. The molecule has 0 aliphatic heterocycles. The van der Waals surface area contributed by atoms with Gasteiger partial charge in [-0.15, -0.1) is 0 Å². The highest BCUT2D eigenvalue weighted by atomic mass is 16.5. The highest BCUT2D eigenvalue weighted by molar-refractivity contribution is 6.53. The van der Waals surface area contributed by atoms with Gasteiger partial charge in [-0.2, -0.15) is 0 Å². The van der Waals surface area contributed by atoms with Gasteiger partial charge in [0.25, 0.3) is 0 Å². The summed E-state index contributed by atoms with van der Waals surface area (Å²) in [6.07, 6.45) is 7.81. The van der Waals surface area contributed by atoms with Crippen LogP contribution in [0.4, 0.5) is 0 Å². The number of fused-ring (bicyclic) bond motifs is 8. The van der Waals surface area contributed by atoms with Crippen molar-refractivity contribution in [1.29, 1.82) is 0 Å². The number of hydrogen-bond donors (Lipinski definition) is 0. The number of aryl methyl sites for hydroxylation is 4. The summed E-state index contributed by atoms with van der Waals surface area (Å²) in [6, 6.07) is 88.9. The van der Waals surface area contributed by atoms with Crippen molar-refractivity contribution in [1.82, 2.24) is 0 Å². The normalized spacial score (nSPS) is 12.2. The van der Waals surface area contributed by atoms with Crippen molar-refractivity contribution in [2.75, 3.05) is 28.4 Å². The summed E-state index contributed by atoms with van der Waals surface area (Å²) in [5.41, 5.74) is 20.4. The summed E-state index contributed by atoms with van der Waals surface area (Å²) >= 11 is 0. The van der Waals surface area contributed by atoms with E-state index in [1.54, 1.807) is 28.4 Å². The monoisotopic (exact) mass is 1320 g/mol. The van der Waals surface area contributed by atoms with Gasteiger partial charge < -0.3 is 18.9 Å². The molecule has 19 aromatic rings. The van der Waals surface area contributed by atoms with E-state index in [1.165, 1.54) is 218 Å². The first-order valence-electron chi connectivity index (χ1n) is 36.8. The van der Waals surface area contributed by atoms with Crippen molar-refractivity contribution >= 4 is 129 Å². The second-order valence-corrected chi connectivity index (χ2v) is 28.4. The molecule has 0 aromatic heterocycles. The Morgan fingerprint density at radius 1 is 0.186 bits per heavy atom. The van der Waals surface area contributed by atoms with Gasteiger partial charge in [-0.05, 0) is 317 Å². The zero-order valence-corrected chi connectivity index (χ0v) is 59.2. The average molecular weight is 1320 g/mol. The lowest BCUT2D eigenvalue weighted by Gasteiger charge is -2.29. The highest BCUT2D eigenvalue weighted by Gasteiger charge is 2.33. The van der Waals surface area contributed by atoms with Gasteiger partial charge in [0.05, 0.1) is 28.4 Å². The van der Waals surface area contributed by atoms with Crippen LogP contribution in [0.15, 0.2) is 231 Å². The van der Waals surface area contributed by atoms with Crippen molar-refractivity contribution in [3.63, 3.8) is 0 Å². The molecule has 494 valence electrons. The lowest BCUT2D eigenvalue weighted by molar-refractivity contribution is 0.415. The predicted octanol–water partition coefficient (Wildman–Crippen LogP) is 27.1. The molecule has 0 radical (unpaired) electrons. The standard InChI is InChI=1S/C98H78O4/c1-9-19-61-51-77-78-52-62(20-10-2)82(58-29-37-66(100-6)38-30-58)70-44-48-74-92-86(56-25-17-14-18-26-56)94-76-50-46-72-84(60-33-41-68(102-8)42-34-60)64(22-12-4)54-80-79-53-63(21-11-3)83(59-31-39-67(101-7)40-32-59)71-45-49-75(97(89(71)79)98(76)90(72)80)93(94)85(55-23-15-13-16-24-55)91(92)73-47-43-69(87(77)95(73)96(74)88(70)78)81(61)57-27-35-65(99-5)36-28-57/h13-18,23-54H,9-12,19-22H2,1-8H3. The quantitative estimate of drug-likeness (QED) is 0.0634. The summed E-state index contributed by atoms with van der Waals surface area (Å²) in [5, 5.41) is 31.1. The Balaban J connectivity index is 1.10. The van der Waals surface area contributed by atoms with Crippen LogP contribution in [-0.4, -0.2) is 28.4 Å². The number of ether oxygens (including phenoxy) is 4. The van der Waals surface area contributed by atoms with Crippen LogP contribution < -0.4 is 18.9 Å². The molecule has 4 nitrogen and oxygen atoms in total. The van der Waals surface area contributed by atoms with Crippen LogP contribution in [0.3, 0.4) is 0 Å². The summed E-state index contributed by atoms with van der Waals surface area (Å²) in [7, 11) is 7.05. The van der Waals surface area contributed by atoms with Crippen LogP contribution in [-0.2, 0) is 25.7 Å². The molecule has 102 heavy (non-hydrogen) atoms. The fraction of sp³-hybridized carbons (Fsp3) is 0.163. The molecule has 0 saturated heterocycles. The fourth-order valence-corrected chi connectivity index (χ4v) is 18.9. The minimum Gasteiger partial charge on any atom is -0.497 e. The van der Waals surface area contributed by atoms with E-state index in [4.69, 9.17) is 18.9 Å². The molecule has 0 unspecified atom stereocenters. The van der Waals surface area contributed by atoms with Crippen molar-refractivity contribution in [2.24, 2.45) is 0 Å². The van der Waals surface area contributed by atoms with E-state index in [0.717, 1.165) is 74.4 Å². The molecule has 0 atom stereocenters. The first-order chi connectivity index (χ1) is 50.3. The van der Waals surface area contributed by atoms with E-state index in [1.807, 2.05) is 0 Å². The lowest BCUT2D eigenvalue weighted by Crippen LogP contribution is -2.02. The van der Waals surface area contributed by atoms with Gasteiger partial charge in [-0.3, -0.25) is 0 Å². The number of benzene rings is 19. The van der Waals surface area contributed by atoms with E-state index < -0.39 is 0 Å². The predicted molar refractivity (Wildman–Crippen MR) is 436 cm³/mol. The molecule has 0 bridgehead atoms. The number of methoxy groups -OCH3 is 4. The molecule has 0 amide bonds. The highest BCUT2D eigenvalue weighted by Crippen LogP contribution is 2.61. The van der Waals surface area contributed by atoms with Crippen LogP contribution in [0.5, 0.6) is 23.0 Å². The summed E-state index contributed by atoms with van der Waals surface area (Å²) in [6.45, 7) is 9.31. The van der Waals surface area contributed by atoms with E-state index >= 15 is 0 Å². The third-order valence-electron chi connectivity index (χ3n) is 22.9. The van der Waals surface area contributed by atoms with Gasteiger partial charge in [0.15, 0.2) is 0 Å². The maximum absolute atomic E-state index is 5.84. The zero-order chi connectivity index (χ0) is 68.8. The van der Waals surface area contributed by atoms with Gasteiger partial charge in [0.2, 0.25) is 0 Å². The van der Waals surface area contributed by atoms with Crippen molar-refractivity contribution in [3.8, 4) is 89.8 Å². The first-order valence-corrected chi connectivity index (χ1v) is 36.8. The Kier molecular flexibility index (Phi) is 14.6. The third-order valence-corrected chi connectivity index (χ3v) is 22.9. The van der Waals surface area contributed by atoms with Gasteiger partial charge >= 0.3 is 0 Å². The second kappa shape index (κ2) is 24.1. The largest absolute Gasteiger partial charge is 0.497 e. The maximum Gasteiger partial charge on any atom is 0.118 e. The zero-order valence-electron chi connectivity index (χ0n) is 59.2. The van der Waals surface area contributed by atoms with Crippen molar-refractivity contribution in [3.05, 3.63) is 253 Å². The van der Waals surface area contributed by atoms with Crippen molar-refractivity contribution < 1.29 is 18.9 Å². The molecule has 19 rings (SSSR count). The van der Waals surface area contributed by atoms with E-state index in [2.05, 4.69) is 258 Å². The molecular formula is C98H78O4. The Bertz CT molecular complexity index is 5750. The van der Waals surface area contributed by atoms with Crippen molar-refractivity contribution in [2.45, 2.75) is 79.1 Å². The SMILES string of the molecule is CCCc1cc2c3cc(CCC)c(-c4ccc(OC)cc4)c4ccc5c6c(-c7ccccc7)c7c8ccc9c(-c%10ccc(OC)cc%10)c(CCC)cc%10c%11cc(CCC)c(-c%12ccc(OC)cc%12)c%12ccc(c7c(-c7ccccc7)c6c6ccc(c1-c1ccc(OC)cc1)c2c6c5c43)c(c%12%11)c8c9%10. The summed E-state index contributed by atoms with van der Waals surface area (Å²) in [4.78, 5) is 0. The molecule has 4 heteroatoms. The average Bonchev–Trinajstić information content (AvgIpc) is 0.660. The third kappa shape index (κ3) is 8.87. The Morgan fingerprint density at radius 2 is 0.392 bits per heavy atom. The molecule has 0 spiro atoms. The Labute approximate surface area is 594 Å². The minimum absolute atomic E-state index is 0.852. The molecular weight excluding hydrogens is 1240 g/mol. The van der Waals surface area contributed by atoms with E-state index in [-0.39, 0.29) is 0 Å². The van der Waals surface area contributed by atoms with Crippen LogP contribution in [0.25, 0.3) is 196 Å². The van der Waals surface area contributed by atoms with E-state index in [0.29, 0.717) is 0 Å². The summed E-state index contributed by atoms with van der Waals surface area (Å²) < 4.78 is 23.4. The number of hydrogen-bond acceptors (Lipinski definition) is 4. The molecule has 19 aromatic carbocycles. The Hall–Kier alpha value is -11.5. The second-order valence-electron chi connectivity index (χ2n) is 28.4. The maximum atomic E-state index is 5.84. The van der Waals surface area contributed by atoms with Crippen LogP contribution in [0, 0.1) is 0 Å². The van der Waals surface area contributed by atoms with Crippen LogP contribution in [0.2, 0.25) is 0 Å². The Morgan fingerprint density at radius 3 is 0.598 bits per heavy atom. The fourth-order valence-electron chi connectivity index (χ4n) is 18.9. The molecule has 0 aliphatic rings. The van der Waals surface area contributed by atoms with Crippen LogP contribution in [0.1, 0.15) is 75.6 Å².